The number of aryl methyl sites for hydroxylation is 3. The third-order valence-electron chi connectivity index (χ3n) is 6.24. The van der Waals surface area contributed by atoms with Crippen molar-refractivity contribution in [1.29, 1.82) is 0 Å². The lowest BCUT2D eigenvalue weighted by molar-refractivity contribution is 0.0834. The fraction of sp³-hybridized carbons (Fsp3) is 0.346. The Morgan fingerprint density at radius 1 is 1.07 bits per heavy atom. The van der Waals surface area contributed by atoms with E-state index in [1.807, 2.05) is 12.1 Å². The molecule has 0 atom stereocenters. The van der Waals surface area contributed by atoms with Crippen LogP contribution in [0.4, 0.5) is 4.39 Å². The van der Waals surface area contributed by atoms with Crippen LogP contribution in [0, 0.1) is 0 Å². The average molecular weight is 390 g/mol. The van der Waals surface area contributed by atoms with Crippen LogP contribution in [0.2, 0.25) is 0 Å². The number of carbonyl (C=O) groups excluding carboxylic acids is 1. The summed E-state index contributed by atoms with van der Waals surface area (Å²) in [5, 5.41) is 1.24. The Kier molecular flexibility index (Phi) is 5.94. The van der Waals surface area contributed by atoms with Crippen molar-refractivity contribution >= 4 is 16.9 Å². The molecule has 0 spiro atoms. The van der Waals surface area contributed by atoms with Crippen LogP contribution in [0.3, 0.4) is 0 Å². The summed E-state index contributed by atoms with van der Waals surface area (Å²) in [6, 6.07) is 13.3. The Balaban J connectivity index is 1.49. The second-order valence-electron chi connectivity index (χ2n) is 8.16. The summed E-state index contributed by atoms with van der Waals surface area (Å²) >= 11 is 0. The first-order valence-electron chi connectivity index (χ1n) is 10.7. The lowest BCUT2D eigenvalue weighted by Gasteiger charge is -2.14. The van der Waals surface area contributed by atoms with Crippen molar-refractivity contribution in [3.05, 3.63) is 83.6 Å². The van der Waals surface area contributed by atoms with Crippen molar-refractivity contribution in [3.8, 4) is 0 Å². The van der Waals surface area contributed by atoms with Crippen molar-refractivity contribution in [3.63, 3.8) is 0 Å². The second kappa shape index (κ2) is 8.77. The SMILES string of the molecule is C=CCCn1ccc2cc(CCc3ccc(C4CCCC4)c(C(=O)F)c3)ccc21. The van der Waals surface area contributed by atoms with Gasteiger partial charge in [0.1, 0.15) is 0 Å². The number of carbonyl (C=O) groups is 1. The second-order valence-corrected chi connectivity index (χ2v) is 8.16. The van der Waals surface area contributed by atoms with Gasteiger partial charge in [-0.15, -0.1) is 6.58 Å². The highest BCUT2D eigenvalue weighted by Gasteiger charge is 2.22. The molecule has 1 aromatic heterocycles. The molecule has 3 aromatic rings. The predicted molar refractivity (Wildman–Crippen MR) is 117 cm³/mol. The lowest BCUT2D eigenvalue weighted by Crippen LogP contribution is -2.04. The molecule has 0 saturated heterocycles. The molecule has 1 heterocycles. The van der Waals surface area contributed by atoms with Gasteiger partial charge < -0.3 is 4.57 Å². The first kappa shape index (κ1) is 19.6. The summed E-state index contributed by atoms with van der Waals surface area (Å²) in [5.74, 6) is 0.339. The van der Waals surface area contributed by atoms with E-state index in [1.54, 1.807) is 6.07 Å². The maximum Gasteiger partial charge on any atom is 0.332 e. The molecular weight excluding hydrogens is 361 g/mol. The number of hydrogen-bond donors (Lipinski definition) is 0. The highest BCUT2D eigenvalue weighted by Crippen LogP contribution is 2.36. The van der Waals surface area contributed by atoms with E-state index >= 15 is 0 Å². The fourth-order valence-corrected chi connectivity index (χ4v) is 4.64. The molecular formula is C26H28FNO. The first-order valence-corrected chi connectivity index (χ1v) is 10.7. The molecule has 0 aliphatic heterocycles. The topological polar surface area (TPSA) is 22.0 Å². The maximum atomic E-state index is 13.7. The number of allylic oxidation sites excluding steroid dienone is 1. The molecule has 1 fully saturated rings. The van der Waals surface area contributed by atoms with Crippen molar-refractivity contribution in [1.82, 2.24) is 4.57 Å². The zero-order chi connectivity index (χ0) is 20.2. The molecule has 150 valence electrons. The average Bonchev–Trinajstić information content (AvgIpc) is 3.40. The van der Waals surface area contributed by atoms with Gasteiger partial charge in [0.05, 0.1) is 5.56 Å². The molecule has 1 aliphatic carbocycles. The highest BCUT2D eigenvalue weighted by atomic mass is 19.1. The summed E-state index contributed by atoms with van der Waals surface area (Å²) in [6.45, 7) is 4.74. The zero-order valence-corrected chi connectivity index (χ0v) is 16.9. The minimum atomic E-state index is -1.30. The number of fused-ring (bicyclic) bond motifs is 1. The van der Waals surface area contributed by atoms with Gasteiger partial charge in [-0.2, -0.15) is 4.39 Å². The van der Waals surface area contributed by atoms with Crippen LogP contribution in [0.1, 0.15) is 65.1 Å². The van der Waals surface area contributed by atoms with Gasteiger partial charge in [0.2, 0.25) is 0 Å². The summed E-state index contributed by atoms with van der Waals surface area (Å²) in [4.78, 5) is 11.6. The largest absolute Gasteiger partial charge is 0.347 e. The number of halogens is 1. The van der Waals surface area contributed by atoms with Crippen molar-refractivity contribution in [2.24, 2.45) is 0 Å². The van der Waals surface area contributed by atoms with Crippen molar-refractivity contribution in [2.45, 2.75) is 57.4 Å². The van der Waals surface area contributed by atoms with Crippen LogP contribution in [0.5, 0.6) is 0 Å². The maximum absolute atomic E-state index is 13.7. The van der Waals surface area contributed by atoms with Gasteiger partial charge >= 0.3 is 6.04 Å². The number of hydrogen-bond acceptors (Lipinski definition) is 1. The molecule has 0 radical (unpaired) electrons. The van der Waals surface area contributed by atoms with Crippen LogP contribution >= 0.6 is 0 Å². The van der Waals surface area contributed by atoms with Crippen molar-refractivity contribution < 1.29 is 9.18 Å². The smallest absolute Gasteiger partial charge is 0.332 e. The van der Waals surface area contributed by atoms with E-state index in [1.165, 1.54) is 29.3 Å². The minimum Gasteiger partial charge on any atom is -0.347 e. The molecule has 0 unspecified atom stereocenters. The van der Waals surface area contributed by atoms with Crippen LogP contribution in [0.25, 0.3) is 10.9 Å². The normalized spacial score (nSPS) is 14.5. The van der Waals surface area contributed by atoms with Crippen LogP contribution < -0.4 is 0 Å². The van der Waals surface area contributed by atoms with E-state index < -0.39 is 6.04 Å². The Morgan fingerprint density at radius 2 is 1.79 bits per heavy atom. The molecule has 1 aliphatic rings. The third-order valence-corrected chi connectivity index (χ3v) is 6.24. The van der Waals surface area contributed by atoms with E-state index in [2.05, 4.69) is 47.7 Å². The molecule has 29 heavy (non-hydrogen) atoms. The van der Waals surface area contributed by atoms with E-state index in [0.29, 0.717) is 5.92 Å². The predicted octanol–water partition coefficient (Wildman–Crippen LogP) is 6.77. The van der Waals surface area contributed by atoms with E-state index in [9.17, 15) is 9.18 Å². The van der Waals surface area contributed by atoms with E-state index in [0.717, 1.165) is 49.8 Å². The number of benzene rings is 2. The van der Waals surface area contributed by atoms with Crippen molar-refractivity contribution in [2.75, 3.05) is 0 Å². The van der Waals surface area contributed by atoms with Gasteiger partial charge in [0.15, 0.2) is 0 Å². The molecule has 0 bridgehead atoms. The molecule has 2 aromatic carbocycles. The Morgan fingerprint density at radius 3 is 2.52 bits per heavy atom. The molecule has 1 saturated carbocycles. The first-order chi connectivity index (χ1) is 14.2. The minimum absolute atomic E-state index is 0.282. The van der Waals surface area contributed by atoms with Gasteiger partial charge in [-0.3, -0.25) is 4.79 Å². The Bertz CT molecular complexity index is 1030. The summed E-state index contributed by atoms with van der Waals surface area (Å²) in [5.41, 5.74) is 4.70. The molecule has 0 amide bonds. The Hall–Kier alpha value is -2.68. The highest BCUT2D eigenvalue weighted by molar-refractivity contribution is 5.90. The van der Waals surface area contributed by atoms with E-state index in [4.69, 9.17) is 0 Å². The molecule has 0 N–H and O–H groups in total. The van der Waals surface area contributed by atoms with Gasteiger partial charge in [-0.05, 0) is 84.4 Å². The van der Waals surface area contributed by atoms with Gasteiger partial charge in [-0.25, -0.2) is 0 Å². The third kappa shape index (κ3) is 4.34. The number of aromatic nitrogens is 1. The summed E-state index contributed by atoms with van der Waals surface area (Å²) in [7, 11) is 0. The monoisotopic (exact) mass is 389 g/mol. The molecule has 3 heteroatoms. The quantitative estimate of drug-likeness (QED) is 0.308. The number of rotatable bonds is 8. The summed E-state index contributed by atoms with van der Waals surface area (Å²) in [6.07, 6.45) is 11.2. The van der Waals surface area contributed by atoms with Crippen LogP contribution in [-0.2, 0) is 19.4 Å². The molecule has 4 rings (SSSR count). The van der Waals surface area contributed by atoms with Crippen LogP contribution in [-0.4, -0.2) is 10.6 Å². The molecule has 2 nitrogen and oxygen atoms in total. The van der Waals surface area contributed by atoms with Gasteiger partial charge in [-0.1, -0.05) is 37.1 Å². The Labute approximate surface area is 172 Å². The van der Waals surface area contributed by atoms with E-state index in [-0.39, 0.29) is 5.56 Å². The van der Waals surface area contributed by atoms with Gasteiger partial charge in [0.25, 0.3) is 0 Å². The van der Waals surface area contributed by atoms with Crippen LogP contribution in [0.15, 0.2) is 61.3 Å². The standard InChI is InChI=1S/C26H28FNO/c1-2-3-15-28-16-14-22-17-19(11-13-25(22)28)8-9-20-10-12-23(21-6-4-5-7-21)24(18-20)26(27)29/h2,10-14,16-18,21H,1,3-9,15H2. The summed E-state index contributed by atoms with van der Waals surface area (Å²) < 4.78 is 16.0. The lowest BCUT2D eigenvalue weighted by atomic mass is 9.90. The fourth-order valence-electron chi connectivity index (χ4n) is 4.64. The number of nitrogens with zero attached hydrogens (tertiary/aromatic N) is 1. The zero-order valence-electron chi connectivity index (χ0n) is 16.9. The van der Waals surface area contributed by atoms with Gasteiger partial charge in [0, 0.05) is 18.3 Å².